The Bertz CT molecular complexity index is 809. The van der Waals surface area contributed by atoms with E-state index in [1.165, 1.54) is 0 Å². The summed E-state index contributed by atoms with van der Waals surface area (Å²) in [5, 5.41) is 8.57. The summed E-state index contributed by atoms with van der Waals surface area (Å²) in [6, 6.07) is 10.9. The van der Waals surface area contributed by atoms with Crippen molar-refractivity contribution >= 4 is 40.6 Å². The lowest BCUT2D eigenvalue weighted by atomic mass is 10.0. The molecule has 136 valence electrons. The summed E-state index contributed by atoms with van der Waals surface area (Å²) in [5.41, 5.74) is 0.693. The summed E-state index contributed by atoms with van der Waals surface area (Å²) in [5.74, 6) is 0.133. The highest BCUT2D eigenvalue weighted by molar-refractivity contribution is 7.09. The molecule has 2 heterocycles. The molecule has 1 aliphatic heterocycles. The summed E-state index contributed by atoms with van der Waals surface area (Å²) < 4.78 is 0. The third-order valence-corrected chi connectivity index (χ3v) is 6.42. The molecule has 0 bridgehead atoms. The van der Waals surface area contributed by atoms with Gasteiger partial charge in [0.05, 0.1) is 6.54 Å². The number of likely N-dealkylation sites (tertiary alicyclic amines) is 1. The molecular weight excluding hydrogens is 370 g/mol. The van der Waals surface area contributed by atoms with Crippen LogP contribution in [0.3, 0.4) is 0 Å². The van der Waals surface area contributed by atoms with Gasteiger partial charge in [0.1, 0.15) is 0 Å². The number of thiophene rings is 1. The molecule has 1 aliphatic carbocycles. The number of urea groups is 1. The van der Waals surface area contributed by atoms with Gasteiger partial charge in [-0.05, 0) is 48.6 Å². The maximum Gasteiger partial charge on any atom is 0.321 e. The molecule has 1 saturated heterocycles. The zero-order valence-corrected chi connectivity index (χ0v) is 15.8. The molecule has 1 spiro atoms. The van der Waals surface area contributed by atoms with Crippen molar-refractivity contribution in [3.05, 3.63) is 51.7 Å². The normalized spacial score (nSPS) is 23.9. The topological polar surface area (TPSA) is 61.4 Å². The van der Waals surface area contributed by atoms with Gasteiger partial charge < -0.3 is 15.5 Å². The molecule has 2 unspecified atom stereocenters. The Hall–Kier alpha value is -2.05. The van der Waals surface area contributed by atoms with Crippen molar-refractivity contribution in [2.75, 3.05) is 18.4 Å². The Labute approximate surface area is 161 Å². The minimum absolute atomic E-state index is 0.0239. The van der Waals surface area contributed by atoms with E-state index in [0.717, 1.165) is 23.4 Å². The van der Waals surface area contributed by atoms with E-state index in [1.807, 2.05) is 17.5 Å². The van der Waals surface area contributed by atoms with E-state index in [4.69, 9.17) is 11.6 Å². The average molecular weight is 390 g/mol. The molecule has 5 nitrogen and oxygen atoms in total. The number of hydrogen-bond acceptors (Lipinski definition) is 3. The first-order valence-electron chi connectivity index (χ1n) is 8.67. The van der Waals surface area contributed by atoms with Crippen LogP contribution >= 0.6 is 22.9 Å². The molecule has 26 heavy (non-hydrogen) atoms. The first kappa shape index (κ1) is 17.4. The van der Waals surface area contributed by atoms with Crippen LogP contribution in [0.15, 0.2) is 41.8 Å². The van der Waals surface area contributed by atoms with E-state index in [9.17, 15) is 9.59 Å². The summed E-state index contributed by atoms with van der Waals surface area (Å²) in [6.07, 6.45) is 1.76. The first-order valence-corrected chi connectivity index (χ1v) is 9.93. The molecule has 1 saturated carbocycles. The molecule has 1 aromatic heterocycles. The maximum absolute atomic E-state index is 12.5. The number of rotatable bonds is 4. The molecule has 2 fully saturated rings. The highest BCUT2D eigenvalue weighted by atomic mass is 35.5. The molecule has 2 aromatic rings. The van der Waals surface area contributed by atoms with E-state index in [0.29, 0.717) is 24.7 Å². The number of anilines is 1. The molecule has 2 aliphatic rings. The number of carbonyl (C=O) groups excluding carboxylic acids is 2. The van der Waals surface area contributed by atoms with Gasteiger partial charge in [0.25, 0.3) is 0 Å². The lowest BCUT2D eigenvalue weighted by Gasteiger charge is -2.17. The second-order valence-electron chi connectivity index (χ2n) is 7.02. The van der Waals surface area contributed by atoms with Crippen LogP contribution in [0.2, 0.25) is 5.02 Å². The van der Waals surface area contributed by atoms with E-state index < -0.39 is 0 Å². The van der Waals surface area contributed by atoms with Gasteiger partial charge in [0.15, 0.2) is 0 Å². The van der Waals surface area contributed by atoms with Crippen LogP contribution < -0.4 is 10.6 Å². The number of carbonyl (C=O) groups is 2. The number of halogens is 1. The zero-order chi connectivity index (χ0) is 18.1. The number of hydrogen-bond donors (Lipinski definition) is 2. The fourth-order valence-electron chi connectivity index (χ4n) is 3.68. The van der Waals surface area contributed by atoms with Crippen LogP contribution in [0.25, 0.3) is 0 Å². The van der Waals surface area contributed by atoms with Gasteiger partial charge in [0.2, 0.25) is 5.91 Å². The third-order valence-electron chi connectivity index (χ3n) is 5.29. The van der Waals surface area contributed by atoms with Gasteiger partial charge in [-0.25, -0.2) is 4.79 Å². The molecule has 3 amide bonds. The second-order valence-corrected chi connectivity index (χ2v) is 8.49. The molecule has 4 rings (SSSR count). The van der Waals surface area contributed by atoms with E-state index in [1.54, 1.807) is 40.5 Å². The van der Waals surface area contributed by atoms with Crippen molar-refractivity contribution in [1.82, 2.24) is 10.2 Å². The molecule has 7 heteroatoms. The van der Waals surface area contributed by atoms with Gasteiger partial charge >= 0.3 is 6.03 Å². The summed E-state index contributed by atoms with van der Waals surface area (Å²) in [7, 11) is 0. The zero-order valence-electron chi connectivity index (χ0n) is 14.2. The van der Waals surface area contributed by atoms with Crippen molar-refractivity contribution < 1.29 is 9.59 Å². The molecule has 0 radical (unpaired) electrons. The van der Waals surface area contributed by atoms with Gasteiger partial charge in [-0.3, -0.25) is 4.79 Å². The Morgan fingerprint density at radius 2 is 2.08 bits per heavy atom. The Morgan fingerprint density at radius 3 is 2.81 bits per heavy atom. The number of benzene rings is 1. The first-order chi connectivity index (χ1) is 12.6. The third kappa shape index (κ3) is 3.57. The van der Waals surface area contributed by atoms with E-state index >= 15 is 0 Å². The smallest absolute Gasteiger partial charge is 0.321 e. The summed E-state index contributed by atoms with van der Waals surface area (Å²) >= 11 is 7.51. The number of nitrogens with one attached hydrogen (secondary N) is 2. The lowest BCUT2D eigenvalue weighted by Crippen LogP contribution is -2.34. The minimum Gasteiger partial charge on any atom is -0.351 e. The van der Waals surface area contributed by atoms with Gasteiger partial charge in [-0.2, -0.15) is 0 Å². The van der Waals surface area contributed by atoms with Crippen LogP contribution in [-0.2, 0) is 11.3 Å². The number of amides is 3. The Morgan fingerprint density at radius 1 is 1.27 bits per heavy atom. The van der Waals surface area contributed by atoms with E-state index in [2.05, 4.69) is 10.6 Å². The minimum atomic E-state index is -0.117. The Kier molecular flexibility index (Phi) is 4.63. The predicted molar refractivity (Wildman–Crippen MR) is 103 cm³/mol. The highest BCUT2D eigenvalue weighted by Gasteiger charge is 2.61. The standard InChI is InChI=1S/C19H20ClN3O2S/c20-13-3-5-14(6-4-13)22-18(25)23-8-7-19(12-23)10-16(19)17(24)21-11-15-2-1-9-26-15/h1-6,9,16H,7-8,10-12H2,(H,21,24)(H,22,25). The molecular formula is C19H20ClN3O2S. The maximum atomic E-state index is 12.5. The monoisotopic (exact) mass is 389 g/mol. The Balaban J connectivity index is 1.29. The second kappa shape index (κ2) is 6.93. The summed E-state index contributed by atoms with van der Waals surface area (Å²) in [6.45, 7) is 1.92. The molecule has 1 aromatic carbocycles. The van der Waals surface area contributed by atoms with Crippen LogP contribution in [0.4, 0.5) is 10.5 Å². The summed E-state index contributed by atoms with van der Waals surface area (Å²) in [4.78, 5) is 27.8. The highest BCUT2D eigenvalue weighted by Crippen LogP contribution is 2.58. The SMILES string of the molecule is O=C(NCc1cccs1)C1CC12CCN(C(=O)Nc1ccc(Cl)cc1)C2. The predicted octanol–water partition coefficient (Wildman–Crippen LogP) is 3.96. The fourth-order valence-corrected chi connectivity index (χ4v) is 4.46. The lowest BCUT2D eigenvalue weighted by molar-refractivity contribution is -0.123. The van der Waals surface area contributed by atoms with Crippen LogP contribution in [0.1, 0.15) is 17.7 Å². The number of nitrogens with zero attached hydrogens (tertiary/aromatic N) is 1. The van der Waals surface area contributed by atoms with Gasteiger partial charge in [-0.1, -0.05) is 17.7 Å². The largest absolute Gasteiger partial charge is 0.351 e. The van der Waals surface area contributed by atoms with Crippen LogP contribution in [0, 0.1) is 11.3 Å². The fraction of sp³-hybridized carbons (Fsp3) is 0.368. The van der Waals surface area contributed by atoms with Crippen LogP contribution in [0.5, 0.6) is 0 Å². The van der Waals surface area contributed by atoms with E-state index in [-0.39, 0.29) is 23.3 Å². The van der Waals surface area contributed by atoms with Crippen molar-refractivity contribution in [3.63, 3.8) is 0 Å². The quantitative estimate of drug-likeness (QED) is 0.831. The van der Waals surface area contributed by atoms with Crippen molar-refractivity contribution in [3.8, 4) is 0 Å². The van der Waals surface area contributed by atoms with Gasteiger partial charge in [-0.15, -0.1) is 11.3 Å². The molecule has 2 N–H and O–H groups in total. The van der Waals surface area contributed by atoms with Gasteiger partial charge in [0, 0.05) is 40.0 Å². The average Bonchev–Trinajstić information content (AvgIpc) is 2.99. The molecule has 2 atom stereocenters. The van der Waals surface area contributed by atoms with Crippen molar-refractivity contribution in [2.24, 2.45) is 11.3 Å². The van der Waals surface area contributed by atoms with Crippen LogP contribution in [-0.4, -0.2) is 29.9 Å². The van der Waals surface area contributed by atoms with Crippen molar-refractivity contribution in [1.29, 1.82) is 0 Å². The van der Waals surface area contributed by atoms with Crippen molar-refractivity contribution in [2.45, 2.75) is 19.4 Å².